The molecule has 148 valence electrons. The zero-order chi connectivity index (χ0) is 19.4. The molecule has 0 atom stereocenters. The van der Waals surface area contributed by atoms with E-state index >= 15 is 0 Å². The van der Waals surface area contributed by atoms with Crippen molar-refractivity contribution in [1.82, 2.24) is 0 Å². The summed E-state index contributed by atoms with van der Waals surface area (Å²) in [5.41, 5.74) is 5.88. The number of aryl methyl sites for hydroxylation is 3. The lowest BCUT2D eigenvalue weighted by molar-refractivity contribution is -0.119. The van der Waals surface area contributed by atoms with Gasteiger partial charge in [-0.25, -0.2) is 0 Å². The molecule has 1 aromatic rings. The fourth-order valence-electron chi connectivity index (χ4n) is 4.68. The van der Waals surface area contributed by atoms with Crippen LogP contribution < -0.4 is 0 Å². The summed E-state index contributed by atoms with van der Waals surface area (Å²) in [7, 11) is 0. The number of ketones is 1. The van der Waals surface area contributed by atoms with E-state index in [9.17, 15) is 4.79 Å². The molecule has 1 spiro atoms. The summed E-state index contributed by atoms with van der Waals surface area (Å²) in [6, 6.07) is 4.48. The first-order valence-corrected chi connectivity index (χ1v) is 10.6. The molecule has 2 aliphatic rings. The van der Waals surface area contributed by atoms with Gasteiger partial charge in [0.15, 0.2) is 5.78 Å². The first kappa shape index (κ1) is 20.1. The van der Waals surface area contributed by atoms with Crippen LogP contribution in [-0.2, 0) is 27.1 Å². The molecule has 1 heterocycles. The maximum Gasteiger partial charge on any atom is 0.167 e. The third-order valence-electron chi connectivity index (χ3n) is 6.12. The van der Waals surface area contributed by atoms with Crippen molar-refractivity contribution in [1.29, 1.82) is 0 Å². The topological polar surface area (TPSA) is 35.5 Å². The molecule has 0 aromatic heterocycles. The molecule has 0 radical (unpaired) electrons. The van der Waals surface area contributed by atoms with Crippen LogP contribution in [0.25, 0.3) is 5.57 Å². The van der Waals surface area contributed by atoms with E-state index in [1.807, 2.05) is 0 Å². The van der Waals surface area contributed by atoms with Gasteiger partial charge in [0.05, 0.1) is 12.2 Å². The highest BCUT2D eigenvalue weighted by Crippen LogP contribution is 2.48. The molecule has 3 nitrogen and oxygen atoms in total. The average Bonchev–Trinajstić information content (AvgIpc) is 2.66. The molecule has 0 amide bonds. The molecular formula is C24H34O3. The number of hydrogen-bond acceptors (Lipinski definition) is 3. The zero-order valence-corrected chi connectivity index (χ0v) is 17.5. The average molecular weight is 371 g/mol. The molecule has 3 heteroatoms. The van der Waals surface area contributed by atoms with Gasteiger partial charge in [-0.2, -0.15) is 0 Å². The number of benzene rings is 1. The third-order valence-corrected chi connectivity index (χ3v) is 6.12. The number of allylic oxidation sites excluding steroid dienone is 2. The van der Waals surface area contributed by atoms with Crippen molar-refractivity contribution in [2.24, 2.45) is 5.41 Å². The Morgan fingerprint density at radius 3 is 2.22 bits per heavy atom. The predicted octanol–water partition coefficient (Wildman–Crippen LogP) is 5.42. The van der Waals surface area contributed by atoms with Crippen LogP contribution in [0.1, 0.15) is 75.1 Å². The van der Waals surface area contributed by atoms with Gasteiger partial charge in [0.25, 0.3) is 0 Å². The first-order valence-electron chi connectivity index (χ1n) is 10.6. The summed E-state index contributed by atoms with van der Waals surface area (Å²) in [4.78, 5) is 13.5. The van der Waals surface area contributed by atoms with Crippen molar-refractivity contribution in [3.63, 3.8) is 0 Å². The fourth-order valence-corrected chi connectivity index (χ4v) is 4.68. The number of hydrogen-bond donors (Lipinski definition) is 0. The fraction of sp³-hybridized carbons (Fsp3) is 0.625. The number of carbonyl (C=O) groups excluding carboxylic acids is 1. The molecule has 0 N–H and O–H groups in total. The Hall–Kier alpha value is -1.61. The van der Waals surface area contributed by atoms with Gasteiger partial charge in [-0.3, -0.25) is 4.79 Å². The van der Waals surface area contributed by atoms with Crippen LogP contribution in [0.3, 0.4) is 0 Å². The number of ether oxygens (including phenoxy) is 2. The van der Waals surface area contributed by atoms with Gasteiger partial charge < -0.3 is 9.47 Å². The molecule has 1 aromatic carbocycles. The van der Waals surface area contributed by atoms with Crippen molar-refractivity contribution < 1.29 is 14.3 Å². The third kappa shape index (κ3) is 4.13. The Kier molecular flexibility index (Phi) is 6.41. The molecular weight excluding hydrogens is 336 g/mol. The highest BCUT2D eigenvalue weighted by atomic mass is 16.5. The monoisotopic (exact) mass is 370 g/mol. The van der Waals surface area contributed by atoms with Gasteiger partial charge in [-0.05, 0) is 61.1 Å². The standard InChI is InChI=1S/C24H34O3/c1-5-10-27-21-16-24(8-11-26-12-9-24)15-20(25)23(21)22-18(6-2)13-17(4)14-19(22)7-3/h13-14H,5-12,15-16H2,1-4H3. The largest absolute Gasteiger partial charge is 0.497 e. The van der Waals surface area contributed by atoms with Crippen LogP contribution >= 0.6 is 0 Å². The molecule has 0 unspecified atom stereocenters. The van der Waals surface area contributed by atoms with E-state index in [0.717, 1.165) is 68.6 Å². The number of rotatable bonds is 6. The van der Waals surface area contributed by atoms with Crippen molar-refractivity contribution in [2.45, 2.75) is 72.6 Å². The maximum absolute atomic E-state index is 13.5. The Bertz CT molecular complexity index is 698. The van der Waals surface area contributed by atoms with Crippen molar-refractivity contribution in [2.75, 3.05) is 19.8 Å². The summed E-state index contributed by atoms with van der Waals surface area (Å²) in [6.07, 6.45) is 6.24. The lowest BCUT2D eigenvalue weighted by Gasteiger charge is -2.41. The van der Waals surface area contributed by atoms with Crippen LogP contribution in [0.4, 0.5) is 0 Å². The maximum atomic E-state index is 13.5. The van der Waals surface area contributed by atoms with Gasteiger partial charge in [-0.15, -0.1) is 0 Å². The van der Waals surface area contributed by atoms with Crippen molar-refractivity contribution in [3.05, 3.63) is 40.1 Å². The summed E-state index contributed by atoms with van der Waals surface area (Å²) in [5.74, 6) is 1.20. The predicted molar refractivity (Wildman–Crippen MR) is 110 cm³/mol. The molecule has 3 rings (SSSR count). The highest BCUT2D eigenvalue weighted by Gasteiger charge is 2.42. The van der Waals surface area contributed by atoms with Crippen LogP contribution in [-0.4, -0.2) is 25.6 Å². The van der Waals surface area contributed by atoms with Crippen LogP contribution in [0.5, 0.6) is 0 Å². The van der Waals surface area contributed by atoms with Crippen molar-refractivity contribution >= 4 is 11.4 Å². The Labute approximate surface area is 164 Å². The second-order valence-corrected chi connectivity index (χ2v) is 8.20. The van der Waals surface area contributed by atoms with E-state index in [1.165, 1.54) is 16.7 Å². The van der Waals surface area contributed by atoms with Gasteiger partial charge in [-0.1, -0.05) is 38.5 Å². The normalized spacial score (nSPS) is 19.6. The molecule has 1 aliphatic heterocycles. The lowest BCUT2D eigenvalue weighted by atomic mass is 9.67. The van der Waals surface area contributed by atoms with Crippen LogP contribution in [0, 0.1) is 12.3 Å². The van der Waals surface area contributed by atoms with Crippen molar-refractivity contribution in [3.8, 4) is 0 Å². The summed E-state index contributed by atoms with van der Waals surface area (Å²) >= 11 is 0. The van der Waals surface area contributed by atoms with Gasteiger partial charge in [0, 0.05) is 26.1 Å². The summed E-state index contributed by atoms with van der Waals surface area (Å²) in [6.45, 7) is 10.8. The van der Waals surface area contributed by atoms with E-state index in [1.54, 1.807) is 0 Å². The van der Waals surface area contributed by atoms with Crippen LogP contribution in [0.2, 0.25) is 0 Å². The van der Waals surface area contributed by atoms with Gasteiger partial charge >= 0.3 is 0 Å². The Morgan fingerprint density at radius 2 is 1.67 bits per heavy atom. The minimum absolute atomic E-state index is 0.0331. The van der Waals surface area contributed by atoms with Gasteiger partial charge in [0.2, 0.25) is 0 Å². The first-order chi connectivity index (χ1) is 13.0. The second kappa shape index (κ2) is 8.60. The minimum atomic E-state index is 0.0331. The molecule has 1 fully saturated rings. The van der Waals surface area contributed by atoms with E-state index in [2.05, 4.69) is 39.8 Å². The number of Topliss-reactive ketones (excluding diaryl/α,β-unsaturated/α-hetero) is 1. The molecule has 27 heavy (non-hydrogen) atoms. The molecule has 1 saturated heterocycles. The molecule has 0 saturated carbocycles. The minimum Gasteiger partial charge on any atom is -0.497 e. The van der Waals surface area contributed by atoms with Crippen LogP contribution in [0.15, 0.2) is 17.9 Å². The Morgan fingerprint density at radius 1 is 1.04 bits per heavy atom. The van der Waals surface area contributed by atoms with E-state index in [4.69, 9.17) is 9.47 Å². The second-order valence-electron chi connectivity index (χ2n) is 8.20. The number of carbonyl (C=O) groups is 1. The van der Waals surface area contributed by atoms with E-state index < -0.39 is 0 Å². The molecule has 1 aliphatic carbocycles. The highest BCUT2D eigenvalue weighted by molar-refractivity contribution is 6.23. The summed E-state index contributed by atoms with van der Waals surface area (Å²) in [5, 5.41) is 0. The lowest BCUT2D eigenvalue weighted by Crippen LogP contribution is -2.36. The summed E-state index contributed by atoms with van der Waals surface area (Å²) < 4.78 is 11.8. The SMILES string of the molecule is CCCOC1=C(c2c(CC)cc(C)cc2CC)C(=O)CC2(CCOCC2)C1. The van der Waals surface area contributed by atoms with E-state index in [0.29, 0.717) is 13.0 Å². The smallest absolute Gasteiger partial charge is 0.167 e. The van der Waals surface area contributed by atoms with E-state index in [-0.39, 0.29) is 11.2 Å². The zero-order valence-electron chi connectivity index (χ0n) is 17.5. The quantitative estimate of drug-likeness (QED) is 0.671. The van der Waals surface area contributed by atoms with Gasteiger partial charge in [0.1, 0.15) is 5.76 Å². The molecule has 0 bridgehead atoms. The Balaban J connectivity index is 2.13.